The number of amides is 2. The standard InChI is InChI=1S/C34H40FNO6/c1-42-20-24-18-26-32(34(41)36(33(26)40)25-10-6-3-7-11-25)27(19-37)31(24)30(39)15-13-23(22-8-4-2-5-9-22)16-21-12-14-29(38)28(35)17-21/h2,4-5,8-9,12,14,16-17,25-27,30,32,37-39H,3,6-7,10-11,13,15,18-20H2,1H3/b23-16-/t26-,27+,30-,32-/m1/s1. The van der Waals surface area contributed by atoms with Crippen LogP contribution in [0, 0.1) is 23.6 Å². The minimum atomic E-state index is -0.983. The molecular weight excluding hydrogens is 537 g/mol. The molecule has 1 saturated carbocycles. The van der Waals surface area contributed by atoms with Crippen LogP contribution in [0.3, 0.4) is 0 Å². The third kappa shape index (κ3) is 6.07. The summed E-state index contributed by atoms with van der Waals surface area (Å²) in [7, 11) is 1.56. The van der Waals surface area contributed by atoms with Crippen LogP contribution in [0.5, 0.6) is 5.75 Å². The number of likely N-dealkylation sites (tertiary alicyclic amines) is 1. The number of aromatic hydroxyl groups is 1. The minimum absolute atomic E-state index is 0.0914. The van der Waals surface area contributed by atoms with E-state index in [2.05, 4.69) is 0 Å². The van der Waals surface area contributed by atoms with E-state index in [1.165, 1.54) is 17.0 Å². The van der Waals surface area contributed by atoms with Crippen LogP contribution >= 0.6 is 0 Å². The zero-order valence-electron chi connectivity index (χ0n) is 24.0. The first-order valence-electron chi connectivity index (χ1n) is 14.9. The molecule has 1 aliphatic heterocycles. The SMILES string of the molecule is COCC1=C([C@H](O)CC/C(=C/c2ccc(O)c(F)c2)c2ccccc2)[C@H](CO)[C@@H]2C(=O)N(C3CCCCC3)C(=O)[C@@H]2C1. The highest BCUT2D eigenvalue weighted by Gasteiger charge is 2.56. The van der Waals surface area contributed by atoms with E-state index in [1.807, 2.05) is 36.4 Å². The highest BCUT2D eigenvalue weighted by Crippen LogP contribution is 2.47. The van der Waals surface area contributed by atoms with Gasteiger partial charge in [-0.15, -0.1) is 0 Å². The Morgan fingerprint density at radius 2 is 1.83 bits per heavy atom. The smallest absolute Gasteiger partial charge is 0.234 e. The van der Waals surface area contributed by atoms with Crippen LogP contribution in [0.1, 0.15) is 62.5 Å². The molecule has 2 aromatic carbocycles. The molecule has 0 radical (unpaired) electrons. The Bertz CT molecular complexity index is 1350. The van der Waals surface area contributed by atoms with E-state index < -0.39 is 35.4 Å². The molecule has 1 saturated heterocycles. The first kappa shape index (κ1) is 30.1. The highest BCUT2D eigenvalue weighted by atomic mass is 19.1. The molecule has 2 aliphatic carbocycles. The van der Waals surface area contributed by atoms with E-state index in [0.717, 1.165) is 48.8 Å². The summed E-state index contributed by atoms with van der Waals surface area (Å²) in [5.74, 6) is -3.45. The predicted octanol–water partition coefficient (Wildman–Crippen LogP) is 5.10. The summed E-state index contributed by atoms with van der Waals surface area (Å²) in [6, 6.07) is 13.7. The number of aliphatic hydroxyl groups excluding tert-OH is 2. The van der Waals surface area contributed by atoms with Gasteiger partial charge in [0, 0.05) is 19.1 Å². The fourth-order valence-corrected chi connectivity index (χ4v) is 7.20. The number of allylic oxidation sites excluding steroid dienone is 1. The molecule has 3 N–H and O–H groups in total. The van der Waals surface area contributed by atoms with Crippen molar-refractivity contribution in [3.63, 3.8) is 0 Å². The minimum Gasteiger partial charge on any atom is -0.505 e. The Kier molecular flexibility index (Phi) is 9.56. The van der Waals surface area contributed by atoms with Crippen molar-refractivity contribution >= 4 is 23.5 Å². The van der Waals surface area contributed by atoms with Gasteiger partial charge in [0.25, 0.3) is 0 Å². The Hall–Kier alpha value is -3.33. The second-order valence-electron chi connectivity index (χ2n) is 11.8. The van der Waals surface area contributed by atoms with Gasteiger partial charge < -0.3 is 20.1 Å². The molecule has 1 heterocycles. The van der Waals surface area contributed by atoms with Gasteiger partial charge in [0.1, 0.15) is 0 Å². The van der Waals surface area contributed by atoms with Crippen molar-refractivity contribution in [2.24, 2.45) is 17.8 Å². The van der Waals surface area contributed by atoms with Gasteiger partial charge in [-0.1, -0.05) is 61.7 Å². The molecule has 8 heteroatoms. The number of methoxy groups -OCH3 is 1. The van der Waals surface area contributed by atoms with Crippen molar-refractivity contribution in [1.29, 1.82) is 0 Å². The van der Waals surface area contributed by atoms with Crippen molar-refractivity contribution in [1.82, 2.24) is 4.90 Å². The lowest BCUT2D eigenvalue weighted by Gasteiger charge is -2.36. The summed E-state index contributed by atoms with van der Waals surface area (Å²) in [6.45, 7) is -0.155. The molecule has 7 nitrogen and oxygen atoms in total. The number of hydrogen-bond acceptors (Lipinski definition) is 6. The van der Waals surface area contributed by atoms with E-state index in [-0.39, 0.29) is 37.5 Å². The second-order valence-corrected chi connectivity index (χ2v) is 11.8. The summed E-state index contributed by atoms with van der Waals surface area (Å²) in [5, 5.41) is 31.9. The van der Waals surface area contributed by atoms with Gasteiger partial charge >= 0.3 is 0 Å². The molecule has 0 spiro atoms. The number of phenolic OH excluding ortho intramolecular Hbond substituents is 1. The van der Waals surface area contributed by atoms with Crippen LogP contribution in [-0.2, 0) is 14.3 Å². The highest BCUT2D eigenvalue weighted by molar-refractivity contribution is 6.06. The number of rotatable bonds is 10. The molecule has 3 aliphatic rings. The molecule has 42 heavy (non-hydrogen) atoms. The molecule has 5 rings (SSSR count). The number of aliphatic hydroxyl groups is 2. The van der Waals surface area contributed by atoms with Gasteiger partial charge in [-0.2, -0.15) is 0 Å². The Morgan fingerprint density at radius 3 is 2.50 bits per heavy atom. The summed E-state index contributed by atoms with van der Waals surface area (Å²) < 4.78 is 19.6. The van der Waals surface area contributed by atoms with Crippen molar-refractivity contribution in [3.05, 3.63) is 76.6 Å². The molecule has 0 aromatic heterocycles. The molecular formula is C34H40FNO6. The summed E-state index contributed by atoms with van der Waals surface area (Å²) in [6.07, 6.45) is 6.59. The molecule has 224 valence electrons. The van der Waals surface area contributed by atoms with Crippen LogP contribution in [-0.4, -0.2) is 64.5 Å². The zero-order valence-corrected chi connectivity index (χ0v) is 24.0. The Labute approximate surface area is 246 Å². The van der Waals surface area contributed by atoms with Crippen molar-refractivity contribution < 1.29 is 34.0 Å². The van der Waals surface area contributed by atoms with Crippen LogP contribution in [0.4, 0.5) is 4.39 Å². The number of phenols is 1. The number of carbonyl (C=O) groups is 2. The van der Waals surface area contributed by atoms with Crippen molar-refractivity contribution in [2.75, 3.05) is 20.3 Å². The van der Waals surface area contributed by atoms with E-state index in [1.54, 1.807) is 13.2 Å². The van der Waals surface area contributed by atoms with Crippen LogP contribution in [0.15, 0.2) is 59.7 Å². The first-order valence-corrected chi connectivity index (χ1v) is 14.9. The fourth-order valence-electron chi connectivity index (χ4n) is 7.20. The largest absolute Gasteiger partial charge is 0.505 e. The summed E-state index contributed by atoms with van der Waals surface area (Å²) in [5.41, 5.74) is 3.70. The number of halogens is 1. The van der Waals surface area contributed by atoms with Crippen molar-refractivity contribution in [3.8, 4) is 5.75 Å². The molecule has 4 atom stereocenters. The van der Waals surface area contributed by atoms with Gasteiger partial charge in [0.05, 0.1) is 31.2 Å². The molecule has 0 unspecified atom stereocenters. The lowest BCUT2D eigenvalue weighted by Crippen LogP contribution is -2.42. The summed E-state index contributed by atoms with van der Waals surface area (Å²) in [4.78, 5) is 28.8. The number of imide groups is 1. The molecule has 2 aromatic rings. The predicted molar refractivity (Wildman–Crippen MR) is 157 cm³/mol. The maximum absolute atomic E-state index is 14.1. The lowest BCUT2D eigenvalue weighted by molar-refractivity contribution is -0.143. The van der Waals surface area contributed by atoms with Crippen LogP contribution < -0.4 is 0 Å². The number of benzene rings is 2. The Morgan fingerprint density at radius 1 is 1.10 bits per heavy atom. The zero-order chi connectivity index (χ0) is 29.8. The molecule has 0 bridgehead atoms. The number of ether oxygens (including phenoxy) is 1. The van der Waals surface area contributed by atoms with E-state index in [4.69, 9.17) is 4.74 Å². The van der Waals surface area contributed by atoms with Gasteiger partial charge in [-0.25, -0.2) is 4.39 Å². The first-order chi connectivity index (χ1) is 20.3. The van der Waals surface area contributed by atoms with E-state index in [0.29, 0.717) is 24.0 Å². The third-order valence-corrected chi connectivity index (χ3v) is 9.18. The van der Waals surface area contributed by atoms with E-state index >= 15 is 0 Å². The number of hydrogen-bond donors (Lipinski definition) is 3. The number of carbonyl (C=O) groups excluding carboxylic acids is 2. The maximum Gasteiger partial charge on any atom is 0.234 e. The molecule has 2 fully saturated rings. The average molecular weight is 578 g/mol. The Balaban J connectivity index is 1.42. The third-order valence-electron chi connectivity index (χ3n) is 9.18. The lowest BCUT2D eigenvalue weighted by atomic mass is 9.68. The van der Waals surface area contributed by atoms with Crippen LogP contribution in [0.2, 0.25) is 0 Å². The topological polar surface area (TPSA) is 107 Å². The van der Waals surface area contributed by atoms with Gasteiger partial charge in [0.2, 0.25) is 11.8 Å². The van der Waals surface area contributed by atoms with Crippen LogP contribution in [0.25, 0.3) is 11.6 Å². The van der Waals surface area contributed by atoms with E-state index in [9.17, 15) is 29.3 Å². The number of nitrogens with zero attached hydrogens (tertiary/aromatic N) is 1. The maximum atomic E-state index is 14.1. The van der Waals surface area contributed by atoms with Gasteiger partial charge in [-0.3, -0.25) is 14.5 Å². The average Bonchev–Trinajstić information content (AvgIpc) is 3.26. The molecule has 2 amide bonds. The van der Waals surface area contributed by atoms with Gasteiger partial charge in [-0.05, 0) is 72.1 Å². The second kappa shape index (κ2) is 13.3. The monoisotopic (exact) mass is 577 g/mol. The quantitative estimate of drug-likeness (QED) is 0.206. The van der Waals surface area contributed by atoms with Crippen molar-refractivity contribution in [2.45, 2.75) is 63.5 Å². The summed E-state index contributed by atoms with van der Waals surface area (Å²) >= 11 is 0. The number of fused-ring (bicyclic) bond motifs is 1. The normalized spacial score (nSPS) is 24.3. The van der Waals surface area contributed by atoms with Gasteiger partial charge in [0.15, 0.2) is 11.6 Å². The fraction of sp³-hybridized carbons (Fsp3) is 0.471.